The maximum Gasteiger partial charge on any atom is 0.130 e. The van der Waals surface area contributed by atoms with Gasteiger partial charge in [0.2, 0.25) is 0 Å². The molecule has 3 heteroatoms. The second-order valence-electron chi connectivity index (χ2n) is 17.2. The standard InChI is InChI=1S/C61H42N2O/c1-4-16-43(17-5-1)61(44-18-6-2-7-19-44)55-25-13-10-22-49(55)50-35-33-47(39-56(50)61)62(48-34-36-53-52-24-12-15-27-59(52)64-60(53)40-48)46-31-28-41(29-32-46)42-30-37-58-54(38-42)51-23-11-14-26-57(51)63(58)45-20-8-3-9-21-45/h1-35,37-40,53H,36H2. The molecule has 2 aliphatic carbocycles. The fourth-order valence-corrected chi connectivity index (χ4v) is 11.0. The van der Waals surface area contributed by atoms with Crippen molar-refractivity contribution in [1.82, 2.24) is 4.57 Å². The van der Waals surface area contributed by atoms with Crippen molar-refractivity contribution in [3.8, 4) is 33.7 Å². The minimum Gasteiger partial charge on any atom is -0.461 e. The van der Waals surface area contributed by atoms with Crippen LogP contribution in [0.25, 0.3) is 49.7 Å². The van der Waals surface area contributed by atoms with Crippen LogP contribution in [0.3, 0.4) is 0 Å². The van der Waals surface area contributed by atoms with E-state index in [1.165, 1.54) is 71.9 Å². The van der Waals surface area contributed by atoms with Crippen molar-refractivity contribution in [2.24, 2.45) is 0 Å². The lowest BCUT2D eigenvalue weighted by atomic mass is 9.67. The summed E-state index contributed by atoms with van der Waals surface area (Å²) < 4.78 is 8.97. The first-order chi connectivity index (χ1) is 31.7. The molecule has 1 aromatic heterocycles. The lowest BCUT2D eigenvalue weighted by Gasteiger charge is -2.35. The van der Waals surface area contributed by atoms with Crippen LogP contribution in [-0.2, 0) is 5.41 Å². The Morgan fingerprint density at radius 1 is 0.484 bits per heavy atom. The minimum atomic E-state index is -0.511. The first-order valence-electron chi connectivity index (χ1n) is 22.3. The molecule has 0 N–H and O–H groups in total. The number of hydrogen-bond acceptors (Lipinski definition) is 2. The quantitative estimate of drug-likeness (QED) is 0.159. The van der Waals surface area contributed by atoms with E-state index in [4.69, 9.17) is 4.74 Å². The zero-order chi connectivity index (χ0) is 42.2. The molecule has 9 aromatic carbocycles. The molecule has 0 fully saturated rings. The highest BCUT2D eigenvalue weighted by molar-refractivity contribution is 6.10. The Morgan fingerprint density at radius 3 is 1.91 bits per heavy atom. The van der Waals surface area contributed by atoms with Gasteiger partial charge in [-0.1, -0.05) is 170 Å². The van der Waals surface area contributed by atoms with Gasteiger partial charge in [0.25, 0.3) is 0 Å². The molecule has 0 bridgehead atoms. The summed E-state index contributed by atoms with van der Waals surface area (Å²) in [5.41, 5.74) is 17.6. The van der Waals surface area contributed by atoms with Crippen molar-refractivity contribution in [2.45, 2.75) is 17.8 Å². The Morgan fingerprint density at radius 2 is 1.11 bits per heavy atom. The predicted molar refractivity (Wildman–Crippen MR) is 263 cm³/mol. The van der Waals surface area contributed by atoms with Crippen molar-refractivity contribution < 1.29 is 4.74 Å². The first-order valence-corrected chi connectivity index (χ1v) is 22.3. The van der Waals surface area contributed by atoms with Gasteiger partial charge in [-0.3, -0.25) is 0 Å². The first kappa shape index (κ1) is 36.5. The maximum absolute atomic E-state index is 6.59. The van der Waals surface area contributed by atoms with E-state index in [0.29, 0.717) is 0 Å². The summed E-state index contributed by atoms with van der Waals surface area (Å²) in [6.45, 7) is 0. The van der Waals surface area contributed by atoms with Crippen molar-refractivity contribution in [2.75, 3.05) is 4.90 Å². The number of aromatic nitrogens is 1. The van der Waals surface area contributed by atoms with Gasteiger partial charge in [-0.2, -0.15) is 0 Å². The van der Waals surface area contributed by atoms with Crippen LogP contribution in [0.5, 0.6) is 5.75 Å². The van der Waals surface area contributed by atoms with Gasteiger partial charge in [-0.25, -0.2) is 0 Å². The van der Waals surface area contributed by atoms with Gasteiger partial charge in [0.05, 0.1) is 16.4 Å². The summed E-state index contributed by atoms with van der Waals surface area (Å²) in [6.07, 6.45) is 5.52. The number of hydrogen-bond donors (Lipinski definition) is 0. The average Bonchev–Trinajstić information content (AvgIpc) is 4.01. The fraction of sp³-hybridized carbons (Fsp3) is 0.0492. The molecular formula is C61H42N2O. The summed E-state index contributed by atoms with van der Waals surface area (Å²) in [4.78, 5) is 2.43. The van der Waals surface area contributed by atoms with Crippen LogP contribution in [-0.4, -0.2) is 4.57 Å². The molecule has 0 radical (unpaired) electrons. The van der Waals surface area contributed by atoms with Crippen molar-refractivity contribution in [3.63, 3.8) is 0 Å². The van der Waals surface area contributed by atoms with Gasteiger partial charge in [-0.05, 0) is 112 Å². The smallest absolute Gasteiger partial charge is 0.130 e. The molecule has 1 unspecified atom stereocenters. The molecule has 0 saturated heterocycles. The number of anilines is 2. The van der Waals surface area contributed by atoms with Crippen LogP contribution in [0.15, 0.2) is 248 Å². The normalized spacial score (nSPS) is 15.4. The molecule has 0 amide bonds. The number of fused-ring (bicyclic) bond motifs is 9. The SMILES string of the molecule is C1=C2Oc3ccccc3C2CC=C1N(c1ccc(-c2ccc3c(c2)c2ccccc2n3-c2ccccc2)cc1)c1ccc2c(c1)C(c1ccccc1)(c1ccccc1)c1ccccc1-2. The molecule has 2 heterocycles. The Bertz CT molecular complexity index is 3450. The summed E-state index contributed by atoms with van der Waals surface area (Å²) in [5, 5.41) is 2.49. The van der Waals surface area contributed by atoms with Crippen LogP contribution in [0.2, 0.25) is 0 Å². The van der Waals surface area contributed by atoms with Crippen LogP contribution in [0.4, 0.5) is 11.4 Å². The molecular weight excluding hydrogens is 777 g/mol. The Labute approximate surface area is 373 Å². The molecule has 302 valence electrons. The monoisotopic (exact) mass is 818 g/mol. The number of nitrogens with zero attached hydrogens (tertiary/aromatic N) is 2. The van der Waals surface area contributed by atoms with Gasteiger partial charge >= 0.3 is 0 Å². The molecule has 13 rings (SSSR count). The van der Waals surface area contributed by atoms with Crippen LogP contribution < -0.4 is 9.64 Å². The van der Waals surface area contributed by atoms with E-state index in [1.54, 1.807) is 0 Å². The minimum absolute atomic E-state index is 0.213. The Kier molecular flexibility index (Phi) is 8.26. The molecule has 10 aromatic rings. The zero-order valence-electron chi connectivity index (χ0n) is 35.1. The molecule has 0 spiro atoms. The van der Waals surface area contributed by atoms with Gasteiger partial charge in [-0.15, -0.1) is 0 Å². The molecule has 64 heavy (non-hydrogen) atoms. The van der Waals surface area contributed by atoms with E-state index in [0.717, 1.165) is 40.7 Å². The van der Waals surface area contributed by atoms with Crippen molar-refractivity contribution >= 4 is 33.2 Å². The Balaban J connectivity index is 0.967. The topological polar surface area (TPSA) is 17.4 Å². The second-order valence-corrected chi connectivity index (χ2v) is 17.2. The molecule has 1 aliphatic heterocycles. The maximum atomic E-state index is 6.59. The summed E-state index contributed by atoms with van der Waals surface area (Å²) in [5.74, 6) is 2.17. The number of benzene rings is 9. The lowest BCUT2D eigenvalue weighted by molar-refractivity contribution is 0.424. The molecule has 1 atom stereocenters. The van der Waals surface area contributed by atoms with E-state index in [-0.39, 0.29) is 5.92 Å². The highest BCUT2D eigenvalue weighted by atomic mass is 16.5. The van der Waals surface area contributed by atoms with E-state index in [1.807, 2.05) is 0 Å². The number of rotatable bonds is 7. The van der Waals surface area contributed by atoms with Crippen molar-refractivity contribution in [1.29, 1.82) is 0 Å². The van der Waals surface area contributed by atoms with Crippen LogP contribution in [0.1, 0.15) is 40.2 Å². The number of allylic oxidation sites excluding steroid dienone is 3. The molecule has 3 nitrogen and oxygen atoms in total. The second kappa shape index (κ2) is 14.5. The lowest BCUT2D eigenvalue weighted by Crippen LogP contribution is -2.29. The largest absolute Gasteiger partial charge is 0.461 e. The third-order valence-corrected chi connectivity index (χ3v) is 13.8. The van der Waals surface area contributed by atoms with Gasteiger partial charge in [0.15, 0.2) is 0 Å². The highest BCUT2D eigenvalue weighted by Gasteiger charge is 2.46. The average molecular weight is 819 g/mol. The fourth-order valence-electron chi connectivity index (χ4n) is 11.0. The van der Waals surface area contributed by atoms with Crippen LogP contribution >= 0.6 is 0 Å². The third kappa shape index (κ3) is 5.47. The summed E-state index contributed by atoms with van der Waals surface area (Å²) in [7, 11) is 0. The number of ether oxygens (including phenoxy) is 1. The van der Waals surface area contributed by atoms with Gasteiger partial charge in [0, 0.05) is 51.1 Å². The third-order valence-electron chi connectivity index (χ3n) is 13.8. The molecule has 0 saturated carbocycles. The summed E-state index contributed by atoms with van der Waals surface area (Å²) in [6, 6.07) is 82.1. The van der Waals surface area contributed by atoms with Crippen molar-refractivity contribution in [3.05, 3.63) is 276 Å². The van der Waals surface area contributed by atoms with E-state index >= 15 is 0 Å². The summed E-state index contributed by atoms with van der Waals surface area (Å²) >= 11 is 0. The Hall–Kier alpha value is -8.14. The van der Waals surface area contributed by atoms with E-state index in [9.17, 15) is 0 Å². The van der Waals surface area contributed by atoms with Gasteiger partial charge < -0.3 is 14.2 Å². The number of para-hydroxylation sites is 3. The predicted octanol–water partition coefficient (Wildman–Crippen LogP) is 15.3. The zero-order valence-corrected chi connectivity index (χ0v) is 35.1. The van der Waals surface area contributed by atoms with E-state index in [2.05, 4.69) is 246 Å². The van der Waals surface area contributed by atoms with Gasteiger partial charge in [0.1, 0.15) is 11.5 Å². The van der Waals surface area contributed by atoms with Crippen LogP contribution in [0, 0.1) is 0 Å². The highest BCUT2D eigenvalue weighted by Crippen LogP contribution is 2.57. The van der Waals surface area contributed by atoms with E-state index < -0.39 is 5.41 Å². The molecule has 3 aliphatic rings.